The topological polar surface area (TPSA) is 89.5 Å². The van der Waals surface area contributed by atoms with E-state index in [0.29, 0.717) is 31.0 Å². The Balaban J connectivity index is 1.69. The van der Waals surface area contributed by atoms with Gasteiger partial charge < -0.3 is 20.1 Å². The Labute approximate surface area is 151 Å². The van der Waals surface area contributed by atoms with Gasteiger partial charge in [-0.2, -0.15) is 0 Å². The first-order valence-electron chi connectivity index (χ1n) is 8.48. The predicted octanol–water partition coefficient (Wildman–Crippen LogP) is 2.03. The fourth-order valence-corrected chi connectivity index (χ4v) is 2.81. The minimum atomic E-state index is -0.343. The molecule has 1 aliphatic heterocycles. The number of carbonyl (C=O) groups excluding carboxylic acids is 2. The SMILES string of the molecule is CCOc1ccc2c(c1)CC(C(=O)Nc1cc(C(=O)NC)ccn1)CO2. The number of rotatable bonds is 5. The van der Waals surface area contributed by atoms with E-state index in [1.54, 1.807) is 19.2 Å². The van der Waals surface area contributed by atoms with Gasteiger partial charge in [0.05, 0.1) is 12.5 Å². The lowest BCUT2D eigenvalue weighted by atomic mass is 9.96. The fourth-order valence-electron chi connectivity index (χ4n) is 2.81. The van der Waals surface area contributed by atoms with E-state index in [1.807, 2.05) is 25.1 Å². The van der Waals surface area contributed by atoms with Crippen LogP contribution in [0.2, 0.25) is 0 Å². The van der Waals surface area contributed by atoms with Crippen LogP contribution in [0.4, 0.5) is 5.82 Å². The third-order valence-electron chi connectivity index (χ3n) is 4.12. The maximum Gasteiger partial charge on any atom is 0.251 e. The molecule has 7 heteroatoms. The van der Waals surface area contributed by atoms with Crippen molar-refractivity contribution in [2.45, 2.75) is 13.3 Å². The zero-order chi connectivity index (χ0) is 18.5. The van der Waals surface area contributed by atoms with Crippen molar-refractivity contribution >= 4 is 17.6 Å². The molecule has 0 radical (unpaired) electrons. The third kappa shape index (κ3) is 3.93. The summed E-state index contributed by atoms with van der Waals surface area (Å²) < 4.78 is 11.2. The summed E-state index contributed by atoms with van der Waals surface area (Å²) in [5.74, 6) is 1.10. The molecular formula is C19H21N3O4. The van der Waals surface area contributed by atoms with E-state index >= 15 is 0 Å². The lowest BCUT2D eigenvalue weighted by Crippen LogP contribution is -2.33. The second-order valence-electron chi connectivity index (χ2n) is 5.91. The minimum absolute atomic E-state index is 0.195. The maximum atomic E-state index is 12.6. The number of fused-ring (bicyclic) bond motifs is 1. The monoisotopic (exact) mass is 355 g/mol. The molecule has 0 saturated heterocycles. The molecule has 0 saturated carbocycles. The molecule has 0 fully saturated rings. The molecule has 136 valence electrons. The third-order valence-corrected chi connectivity index (χ3v) is 4.12. The van der Waals surface area contributed by atoms with Gasteiger partial charge in [0.25, 0.3) is 5.91 Å². The second kappa shape index (κ2) is 7.86. The molecule has 2 aromatic rings. The second-order valence-corrected chi connectivity index (χ2v) is 5.91. The van der Waals surface area contributed by atoms with Gasteiger partial charge in [0.15, 0.2) is 0 Å². The Bertz CT molecular complexity index is 822. The molecule has 26 heavy (non-hydrogen) atoms. The largest absolute Gasteiger partial charge is 0.494 e. The first-order chi connectivity index (χ1) is 12.6. The molecule has 0 aliphatic carbocycles. The van der Waals surface area contributed by atoms with Crippen LogP contribution in [0.25, 0.3) is 0 Å². The number of nitrogens with one attached hydrogen (secondary N) is 2. The Hall–Kier alpha value is -3.09. The van der Waals surface area contributed by atoms with Crippen LogP contribution >= 0.6 is 0 Å². The van der Waals surface area contributed by atoms with Gasteiger partial charge in [-0.1, -0.05) is 0 Å². The Morgan fingerprint density at radius 1 is 1.31 bits per heavy atom. The molecule has 1 atom stereocenters. The molecule has 0 spiro atoms. The van der Waals surface area contributed by atoms with Crippen molar-refractivity contribution in [1.29, 1.82) is 0 Å². The summed E-state index contributed by atoms with van der Waals surface area (Å²) in [6.07, 6.45) is 2.04. The zero-order valence-corrected chi connectivity index (χ0v) is 14.7. The van der Waals surface area contributed by atoms with Crippen LogP contribution in [0, 0.1) is 5.92 Å². The van der Waals surface area contributed by atoms with E-state index in [4.69, 9.17) is 9.47 Å². The zero-order valence-electron chi connectivity index (χ0n) is 14.7. The maximum absolute atomic E-state index is 12.6. The molecule has 1 aliphatic rings. The van der Waals surface area contributed by atoms with Crippen LogP contribution in [0.5, 0.6) is 11.5 Å². The number of benzene rings is 1. The Morgan fingerprint density at radius 3 is 2.92 bits per heavy atom. The summed E-state index contributed by atoms with van der Waals surface area (Å²) in [5, 5.41) is 5.30. The van der Waals surface area contributed by atoms with E-state index < -0.39 is 0 Å². The van der Waals surface area contributed by atoms with Gasteiger partial charge in [-0.05, 0) is 49.2 Å². The minimum Gasteiger partial charge on any atom is -0.494 e. The highest BCUT2D eigenvalue weighted by atomic mass is 16.5. The van der Waals surface area contributed by atoms with Crippen LogP contribution in [0.1, 0.15) is 22.8 Å². The van der Waals surface area contributed by atoms with Gasteiger partial charge in [0, 0.05) is 18.8 Å². The molecule has 1 aromatic heterocycles. The number of hydrogen-bond donors (Lipinski definition) is 2. The van der Waals surface area contributed by atoms with Gasteiger partial charge in [-0.25, -0.2) is 4.98 Å². The van der Waals surface area contributed by atoms with Crippen LogP contribution in [0.15, 0.2) is 36.5 Å². The van der Waals surface area contributed by atoms with E-state index in [9.17, 15) is 9.59 Å². The molecule has 2 N–H and O–H groups in total. The van der Waals surface area contributed by atoms with Gasteiger partial charge in [-0.3, -0.25) is 9.59 Å². The molecule has 2 heterocycles. The van der Waals surface area contributed by atoms with Gasteiger partial charge in [0.1, 0.15) is 23.9 Å². The lowest BCUT2D eigenvalue weighted by molar-refractivity contribution is -0.121. The number of pyridine rings is 1. The summed E-state index contributed by atoms with van der Waals surface area (Å²) in [4.78, 5) is 28.4. The predicted molar refractivity (Wildman–Crippen MR) is 96.6 cm³/mol. The summed E-state index contributed by atoms with van der Waals surface area (Å²) in [6, 6.07) is 8.76. The molecule has 1 aromatic carbocycles. The average Bonchev–Trinajstić information content (AvgIpc) is 2.67. The number of carbonyl (C=O) groups is 2. The van der Waals surface area contributed by atoms with Gasteiger partial charge in [-0.15, -0.1) is 0 Å². The Morgan fingerprint density at radius 2 is 2.15 bits per heavy atom. The molecular weight excluding hydrogens is 334 g/mol. The van der Waals surface area contributed by atoms with Crippen LogP contribution in [-0.2, 0) is 11.2 Å². The highest BCUT2D eigenvalue weighted by Crippen LogP contribution is 2.31. The van der Waals surface area contributed by atoms with Gasteiger partial charge in [0.2, 0.25) is 5.91 Å². The van der Waals surface area contributed by atoms with Crippen molar-refractivity contribution in [3.05, 3.63) is 47.7 Å². The molecule has 7 nitrogen and oxygen atoms in total. The van der Waals surface area contributed by atoms with E-state index in [0.717, 1.165) is 17.1 Å². The quantitative estimate of drug-likeness (QED) is 0.857. The number of nitrogens with zero attached hydrogens (tertiary/aromatic N) is 1. The smallest absolute Gasteiger partial charge is 0.251 e. The highest BCUT2D eigenvalue weighted by molar-refractivity contribution is 5.96. The van der Waals surface area contributed by atoms with E-state index in [1.165, 1.54) is 6.20 Å². The standard InChI is InChI=1S/C19H21N3O4/c1-3-25-15-4-5-16-13(9-15)8-14(11-26-16)19(24)22-17-10-12(6-7-21-17)18(23)20-2/h4-7,9-10,14H,3,8,11H2,1-2H3,(H,20,23)(H,21,22,24). The normalized spacial score (nSPS) is 15.4. The number of amides is 2. The molecule has 3 rings (SSSR count). The number of hydrogen-bond acceptors (Lipinski definition) is 5. The summed E-state index contributed by atoms with van der Waals surface area (Å²) in [7, 11) is 1.55. The first-order valence-corrected chi connectivity index (χ1v) is 8.48. The van der Waals surface area contributed by atoms with E-state index in [2.05, 4.69) is 15.6 Å². The van der Waals surface area contributed by atoms with Crippen LogP contribution in [0.3, 0.4) is 0 Å². The van der Waals surface area contributed by atoms with Crippen molar-refractivity contribution in [2.75, 3.05) is 25.6 Å². The molecule has 2 amide bonds. The van der Waals surface area contributed by atoms with Gasteiger partial charge >= 0.3 is 0 Å². The van der Waals surface area contributed by atoms with Crippen LogP contribution < -0.4 is 20.1 Å². The lowest BCUT2D eigenvalue weighted by Gasteiger charge is -2.25. The Kier molecular flexibility index (Phi) is 5.36. The first kappa shape index (κ1) is 17.7. The molecule has 1 unspecified atom stereocenters. The summed E-state index contributed by atoms with van der Waals surface area (Å²) in [6.45, 7) is 2.80. The average molecular weight is 355 g/mol. The van der Waals surface area contributed by atoms with Crippen molar-refractivity contribution in [3.8, 4) is 11.5 Å². The molecule has 0 bridgehead atoms. The summed E-state index contributed by atoms with van der Waals surface area (Å²) in [5.41, 5.74) is 1.37. The van der Waals surface area contributed by atoms with Crippen molar-refractivity contribution in [2.24, 2.45) is 5.92 Å². The van der Waals surface area contributed by atoms with Crippen LogP contribution in [-0.4, -0.2) is 37.1 Å². The van der Waals surface area contributed by atoms with Crippen molar-refractivity contribution < 1.29 is 19.1 Å². The number of aromatic nitrogens is 1. The number of anilines is 1. The van der Waals surface area contributed by atoms with Crippen molar-refractivity contribution in [1.82, 2.24) is 10.3 Å². The summed E-state index contributed by atoms with van der Waals surface area (Å²) >= 11 is 0. The van der Waals surface area contributed by atoms with Crippen molar-refractivity contribution in [3.63, 3.8) is 0 Å². The fraction of sp³-hybridized carbons (Fsp3) is 0.316. The highest BCUT2D eigenvalue weighted by Gasteiger charge is 2.26. The number of ether oxygens (including phenoxy) is 2. The van der Waals surface area contributed by atoms with E-state index in [-0.39, 0.29) is 17.7 Å².